The molecule has 1 N–H and O–H groups in total. The van der Waals surface area contributed by atoms with Crippen LogP contribution in [0, 0.1) is 12.8 Å². The molecule has 2 aromatic rings. The molecule has 5 nitrogen and oxygen atoms in total. The number of aryl methyl sites for hydroxylation is 1. The number of nitrogens with zero attached hydrogens (tertiary/aromatic N) is 4. The van der Waals surface area contributed by atoms with Crippen molar-refractivity contribution in [2.75, 3.05) is 49.1 Å². The van der Waals surface area contributed by atoms with E-state index in [4.69, 9.17) is 4.98 Å². The quantitative estimate of drug-likeness (QED) is 0.597. The number of hydrogen-bond donors (Lipinski definition) is 1. The van der Waals surface area contributed by atoms with Crippen LogP contribution >= 0.6 is 8.86 Å². The van der Waals surface area contributed by atoms with E-state index in [1.807, 2.05) is 12.0 Å². The van der Waals surface area contributed by atoms with E-state index < -0.39 is 0 Å². The Labute approximate surface area is 183 Å². The fourth-order valence-corrected chi connectivity index (χ4v) is 4.93. The monoisotopic (exact) mass is 423 g/mol. The molecule has 4 heterocycles. The molecular weight excluding hydrogens is 389 g/mol. The predicted octanol–water partition coefficient (Wildman–Crippen LogP) is 3.92. The Hall–Kier alpha value is -2.23. The Bertz CT molecular complexity index is 832. The van der Waals surface area contributed by atoms with E-state index in [-0.39, 0.29) is 0 Å². The maximum Gasteiger partial charge on any atom is 0.128 e. The van der Waals surface area contributed by atoms with Crippen molar-refractivity contribution in [2.45, 2.75) is 26.2 Å². The molecule has 0 aromatic carbocycles. The summed E-state index contributed by atoms with van der Waals surface area (Å²) in [4.78, 5) is 14.1. The summed E-state index contributed by atoms with van der Waals surface area (Å²) in [6.07, 6.45) is 5.18. The summed E-state index contributed by atoms with van der Waals surface area (Å²) in [6.45, 7) is 16.7. The lowest BCUT2D eigenvalue weighted by Crippen LogP contribution is -2.43. The van der Waals surface area contributed by atoms with Crippen molar-refractivity contribution in [3.8, 4) is 0 Å². The molecule has 2 aliphatic heterocycles. The number of piperazine rings is 1. The first kappa shape index (κ1) is 22.5. The number of pyridine rings is 2. The number of rotatable bonds is 4. The summed E-state index contributed by atoms with van der Waals surface area (Å²) in [6, 6.07) is 6.65. The minimum atomic E-state index is 0.569. The Morgan fingerprint density at radius 3 is 2.50 bits per heavy atom. The molecule has 2 fully saturated rings. The van der Waals surface area contributed by atoms with Gasteiger partial charge in [0.1, 0.15) is 5.82 Å². The van der Waals surface area contributed by atoms with Gasteiger partial charge >= 0.3 is 0 Å². The van der Waals surface area contributed by atoms with Gasteiger partial charge in [0.15, 0.2) is 0 Å². The van der Waals surface area contributed by atoms with Crippen molar-refractivity contribution in [3.63, 3.8) is 0 Å². The molecule has 0 bridgehead atoms. The van der Waals surface area contributed by atoms with Crippen LogP contribution in [0.15, 0.2) is 43.8 Å². The third-order valence-electron chi connectivity index (χ3n) is 6.20. The lowest BCUT2D eigenvalue weighted by Gasteiger charge is -2.39. The molecule has 0 saturated carbocycles. The van der Waals surface area contributed by atoms with Crippen LogP contribution in [-0.2, 0) is 0 Å². The lowest BCUT2D eigenvalue weighted by atomic mass is 9.82. The van der Waals surface area contributed by atoms with Crippen molar-refractivity contribution in [2.24, 2.45) is 5.92 Å². The molecule has 30 heavy (non-hydrogen) atoms. The highest BCUT2D eigenvalue weighted by Gasteiger charge is 2.29. The van der Waals surface area contributed by atoms with Gasteiger partial charge in [-0.3, -0.25) is 4.98 Å². The molecule has 2 aromatic heterocycles. The summed E-state index contributed by atoms with van der Waals surface area (Å²) >= 11 is 0. The molecule has 0 amide bonds. The summed E-state index contributed by atoms with van der Waals surface area (Å²) in [7, 11) is 3.57. The molecule has 160 valence electrons. The van der Waals surface area contributed by atoms with Gasteiger partial charge in [-0.15, -0.1) is 22.0 Å². The summed E-state index contributed by atoms with van der Waals surface area (Å²) < 4.78 is 0. The minimum Gasteiger partial charge on any atom is -0.371 e. The van der Waals surface area contributed by atoms with Crippen LogP contribution < -0.4 is 15.1 Å². The van der Waals surface area contributed by atoms with Crippen LogP contribution in [0.4, 0.5) is 11.5 Å². The summed E-state index contributed by atoms with van der Waals surface area (Å²) in [5.74, 6) is 4.25. The van der Waals surface area contributed by atoms with Gasteiger partial charge in [-0.25, -0.2) is 4.98 Å². The first-order valence-electron chi connectivity index (χ1n) is 10.8. The standard InChI is InChI=1S/C22H30N5P.C2H4/c1-16-14-27(21-5-7-24-17(2)20(21)15-28)10-6-19(16)18-3-4-22(25-13-18)26-11-8-23-9-12-26;1-2/h3-5,7,13,15-16,19,23,28H,6,8-12,14H2,1-2H3;1-2H2. The Morgan fingerprint density at radius 1 is 1.10 bits per heavy atom. The van der Waals surface area contributed by atoms with Crippen LogP contribution in [0.25, 0.3) is 0 Å². The van der Waals surface area contributed by atoms with Crippen molar-refractivity contribution < 1.29 is 0 Å². The maximum atomic E-state index is 4.79. The van der Waals surface area contributed by atoms with E-state index in [1.165, 1.54) is 16.8 Å². The van der Waals surface area contributed by atoms with E-state index >= 15 is 0 Å². The molecule has 2 atom stereocenters. The van der Waals surface area contributed by atoms with Gasteiger partial charge in [-0.1, -0.05) is 13.0 Å². The third kappa shape index (κ3) is 4.91. The Balaban J connectivity index is 0.00000124. The van der Waals surface area contributed by atoms with Crippen LogP contribution in [-0.4, -0.2) is 55.0 Å². The van der Waals surface area contributed by atoms with E-state index in [2.05, 4.69) is 80.4 Å². The Morgan fingerprint density at radius 2 is 1.87 bits per heavy atom. The molecule has 6 heteroatoms. The zero-order valence-corrected chi connectivity index (χ0v) is 19.3. The van der Waals surface area contributed by atoms with E-state index in [9.17, 15) is 0 Å². The minimum absolute atomic E-state index is 0.569. The fourth-order valence-electron chi connectivity index (χ4n) is 4.58. The van der Waals surface area contributed by atoms with Gasteiger partial charge in [0, 0.05) is 68.6 Å². The zero-order chi connectivity index (χ0) is 21.5. The highest BCUT2D eigenvalue weighted by Crippen LogP contribution is 2.36. The van der Waals surface area contributed by atoms with Gasteiger partial charge in [0.05, 0.1) is 0 Å². The number of aromatic nitrogens is 2. The van der Waals surface area contributed by atoms with E-state index in [0.717, 1.165) is 57.2 Å². The van der Waals surface area contributed by atoms with Crippen LogP contribution in [0.1, 0.15) is 36.1 Å². The van der Waals surface area contributed by atoms with Crippen LogP contribution in [0.3, 0.4) is 0 Å². The van der Waals surface area contributed by atoms with Gasteiger partial charge in [0.2, 0.25) is 0 Å². The molecule has 0 spiro atoms. The second-order valence-electron chi connectivity index (χ2n) is 7.98. The van der Waals surface area contributed by atoms with Crippen LogP contribution in [0.5, 0.6) is 0 Å². The first-order valence-corrected chi connectivity index (χ1v) is 11.4. The van der Waals surface area contributed by atoms with E-state index in [0.29, 0.717) is 11.8 Å². The molecule has 2 unspecified atom stereocenters. The highest BCUT2D eigenvalue weighted by atomic mass is 31.0. The largest absolute Gasteiger partial charge is 0.371 e. The van der Waals surface area contributed by atoms with Crippen molar-refractivity contribution >= 4 is 26.2 Å². The fraction of sp³-hybridized carbons (Fsp3) is 0.458. The predicted molar refractivity (Wildman–Crippen MR) is 132 cm³/mol. The van der Waals surface area contributed by atoms with Crippen molar-refractivity contribution in [3.05, 3.63) is 60.6 Å². The summed E-state index contributed by atoms with van der Waals surface area (Å²) in [5, 5.41) is 3.40. The average molecular weight is 424 g/mol. The number of nitrogens with one attached hydrogen (secondary N) is 1. The second-order valence-corrected chi connectivity index (χ2v) is 8.27. The van der Waals surface area contributed by atoms with Gasteiger partial charge in [0.25, 0.3) is 0 Å². The van der Waals surface area contributed by atoms with Crippen molar-refractivity contribution in [1.29, 1.82) is 0 Å². The summed E-state index contributed by atoms with van der Waals surface area (Å²) in [5.41, 5.74) is 4.91. The molecule has 2 aliphatic rings. The second kappa shape index (κ2) is 10.7. The topological polar surface area (TPSA) is 44.3 Å². The van der Waals surface area contributed by atoms with E-state index in [1.54, 1.807) is 0 Å². The zero-order valence-electron chi connectivity index (χ0n) is 18.3. The molecular formula is C24H34N5P. The smallest absolute Gasteiger partial charge is 0.128 e. The molecule has 0 radical (unpaired) electrons. The SMILES string of the molecule is C=C.Cc1nccc(N2CCC(c3ccc(N4CCNCC4)nc3)C(C)C2)c1C=P. The average Bonchev–Trinajstić information content (AvgIpc) is 2.81. The number of anilines is 2. The highest BCUT2D eigenvalue weighted by molar-refractivity contribution is 7.19. The molecule has 4 rings (SSSR count). The third-order valence-corrected chi connectivity index (χ3v) is 6.49. The van der Waals surface area contributed by atoms with Crippen LogP contribution in [0.2, 0.25) is 0 Å². The lowest BCUT2D eigenvalue weighted by molar-refractivity contribution is 0.383. The molecule has 2 saturated heterocycles. The molecule has 0 aliphatic carbocycles. The number of piperidine rings is 1. The normalized spacial score (nSPS) is 21.5. The van der Waals surface area contributed by atoms with Crippen molar-refractivity contribution in [1.82, 2.24) is 15.3 Å². The Kier molecular flexibility index (Phi) is 8.01. The maximum absolute atomic E-state index is 4.79. The van der Waals surface area contributed by atoms with Gasteiger partial charge in [-0.05, 0) is 48.7 Å². The first-order chi connectivity index (χ1) is 14.7. The van der Waals surface area contributed by atoms with Gasteiger partial charge < -0.3 is 15.1 Å². The van der Waals surface area contributed by atoms with Gasteiger partial charge in [-0.2, -0.15) is 0 Å². The number of hydrogen-bond acceptors (Lipinski definition) is 5.